The molecule has 2 aromatic heterocycles. The fourth-order valence-corrected chi connectivity index (χ4v) is 3.41. The Morgan fingerprint density at radius 2 is 2.21 bits per heavy atom. The molecule has 1 spiro atoms. The van der Waals surface area contributed by atoms with E-state index in [9.17, 15) is 4.79 Å². The van der Waals surface area contributed by atoms with E-state index in [-0.39, 0.29) is 23.4 Å². The van der Waals surface area contributed by atoms with E-state index in [1.54, 1.807) is 29.4 Å². The summed E-state index contributed by atoms with van der Waals surface area (Å²) in [6.07, 6.45) is 7.16. The number of hydrogen-bond donors (Lipinski definition) is 0. The van der Waals surface area contributed by atoms with Crippen LogP contribution in [0.1, 0.15) is 29.8 Å². The second-order valence-corrected chi connectivity index (χ2v) is 6.18. The third-order valence-corrected chi connectivity index (χ3v) is 4.46. The van der Waals surface area contributed by atoms with E-state index in [4.69, 9.17) is 14.0 Å². The minimum atomic E-state index is -0.368. The first-order chi connectivity index (χ1) is 11.7. The number of carbonyl (C=O) groups is 1. The van der Waals surface area contributed by atoms with Gasteiger partial charge < -0.3 is 18.9 Å². The fraction of sp³-hybridized carbons (Fsp3) is 0.500. The number of likely N-dealkylation sites (tertiary alicyclic amines) is 1. The van der Waals surface area contributed by atoms with E-state index in [1.807, 2.05) is 0 Å². The van der Waals surface area contributed by atoms with Gasteiger partial charge in [0.15, 0.2) is 0 Å². The smallest absolute Gasteiger partial charge is 0.316 e. The molecule has 0 unspecified atom stereocenters. The summed E-state index contributed by atoms with van der Waals surface area (Å²) in [6.45, 7) is 1.70. The van der Waals surface area contributed by atoms with E-state index in [0.717, 1.165) is 12.8 Å². The van der Waals surface area contributed by atoms with E-state index >= 15 is 0 Å². The largest absolute Gasteiger partial charge is 0.458 e. The SMILES string of the molecule is O=C(c1ccno1)N1CCC[C@@]2(C[C@H](Oc3ncccn3)CO2)C1. The van der Waals surface area contributed by atoms with Gasteiger partial charge in [-0.15, -0.1) is 0 Å². The number of amides is 1. The van der Waals surface area contributed by atoms with Crippen LogP contribution in [-0.2, 0) is 4.74 Å². The van der Waals surface area contributed by atoms with Crippen LogP contribution in [-0.4, -0.2) is 57.3 Å². The van der Waals surface area contributed by atoms with E-state index < -0.39 is 0 Å². The van der Waals surface area contributed by atoms with Crippen molar-refractivity contribution in [1.82, 2.24) is 20.0 Å². The summed E-state index contributed by atoms with van der Waals surface area (Å²) in [5.74, 6) is 0.112. The summed E-state index contributed by atoms with van der Waals surface area (Å²) in [7, 11) is 0. The molecule has 1 amide bonds. The van der Waals surface area contributed by atoms with Crippen molar-refractivity contribution in [2.24, 2.45) is 0 Å². The topological polar surface area (TPSA) is 90.6 Å². The van der Waals surface area contributed by atoms with Gasteiger partial charge in [0, 0.05) is 31.4 Å². The summed E-state index contributed by atoms with van der Waals surface area (Å²) in [6, 6.07) is 3.68. The highest BCUT2D eigenvalue weighted by Gasteiger charge is 2.46. The number of nitrogens with zero attached hydrogens (tertiary/aromatic N) is 4. The van der Waals surface area contributed by atoms with Gasteiger partial charge in [0.05, 0.1) is 24.9 Å². The molecule has 24 heavy (non-hydrogen) atoms. The zero-order valence-corrected chi connectivity index (χ0v) is 13.1. The van der Waals surface area contributed by atoms with Crippen LogP contribution in [0.3, 0.4) is 0 Å². The number of piperidine rings is 1. The Hall–Kier alpha value is -2.48. The molecule has 2 fully saturated rings. The zero-order chi connectivity index (χ0) is 16.4. The lowest BCUT2D eigenvalue weighted by Crippen LogP contribution is -2.50. The van der Waals surface area contributed by atoms with Crippen molar-refractivity contribution in [3.63, 3.8) is 0 Å². The maximum atomic E-state index is 12.5. The predicted octanol–water partition coefficient (Wildman–Crippen LogP) is 1.31. The van der Waals surface area contributed by atoms with Crippen molar-refractivity contribution in [2.75, 3.05) is 19.7 Å². The van der Waals surface area contributed by atoms with Crippen LogP contribution in [0.4, 0.5) is 0 Å². The monoisotopic (exact) mass is 330 g/mol. The molecule has 0 aliphatic carbocycles. The Balaban J connectivity index is 1.41. The van der Waals surface area contributed by atoms with E-state index in [1.165, 1.54) is 6.20 Å². The molecular formula is C16H18N4O4. The van der Waals surface area contributed by atoms with Crippen LogP contribution in [0.25, 0.3) is 0 Å². The minimum absolute atomic E-state index is 0.104. The lowest BCUT2D eigenvalue weighted by molar-refractivity contribution is -0.0460. The van der Waals surface area contributed by atoms with Gasteiger partial charge in [0.25, 0.3) is 5.91 Å². The van der Waals surface area contributed by atoms with Crippen molar-refractivity contribution in [1.29, 1.82) is 0 Å². The third-order valence-electron chi connectivity index (χ3n) is 4.46. The van der Waals surface area contributed by atoms with Gasteiger partial charge in [0.1, 0.15) is 6.10 Å². The Morgan fingerprint density at radius 3 is 3.00 bits per heavy atom. The number of hydrogen-bond acceptors (Lipinski definition) is 7. The molecule has 0 saturated carbocycles. The molecule has 2 aliphatic rings. The summed E-state index contributed by atoms with van der Waals surface area (Å²) < 4.78 is 16.8. The third kappa shape index (κ3) is 2.96. The number of aromatic nitrogens is 3. The molecule has 0 aromatic carbocycles. The molecule has 126 valence electrons. The van der Waals surface area contributed by atoms with Gasteiger partial charge in [-0.2, -0.15) is 0 Å². The van der Waals surface area contributed by atoms with Crippen LogP contribution in [0, 0.1) is 0 Å². The highest BCUT2D eigenvalue weighted by atomic mass is 16.6. The highest BCUT2D eigenvalue weighted by Crippen LogP contribution is 2.36. The van der Waals surface area contributed by atoms with Gasteiger partial charge in [-0.05, 0) is 18.9 Å². The van der Waals surface area contributed by atoms with Crippen molar-refractivity contribution in [2.45, 2.75) is 31.0 Å². The molecule has 2 aliphatic heterocycles. The molecule has 0 bridgehead atoms. The summed E-state index contributed by atoms with van der Waals surface area (Å²) in [4.78, 5) is 22.4. The maximum absolute atomic E-state index is 12.5. The molecule has 0 radical (unpaired) electrons. The normalized spacial score (nSPS) is 26.7. The Labute approximate surface area is 138 Å². The fourth-order valence-electron chi connectivity index (χ4n) is 3.41. The van der Waals surface area contributed by atoms with Crippen molar-refractivity contribution in [3.05, 3.63) is 36.5 Å². The van der Waals surface area contributed by atoms with Gasteiger partial charge in [-0.3, -0.25) is 4.79 Å². The van der Waals surface area contributed by atoms with E-state index in [2.05, 4.69) is 15.1 Å². The second-order valence-electron chi connectivity index (χ2n) is 6.18. The highest BCUT2D eigenvalue weighted by molar-refractivity contribution is 5.91. The summed E-state index contributed by atoms with van der Waals surface area (Å²) in [5, 5.41) is 3.60. The predicted molar refractivity (Wildman–Crippen MR) is 81.4 cm³/mol. The molecule has 0 N–H and O–H groups in total. The van der Waals surface area contributed by atoms with Crippen LogP contribution in [0.15, 0.2) is 35.2 Å². The quantitative estimate of drug-likeness (QED) is 0.838. The molecule has 2 saturated heterocycles. The number of ether oxygens (including phenoxy) is 2. The van der Waals surface area contributed by atoms with Crippen LogP contribution < -0.4 is 4.74 Å². The Morgan fingerprint density at radius 1 is 1.33 bits per heavy atom. The first-order valence-corrected chi connectivity index (χ1v) is 8.02. The first-order valence-electron chi connectivity index (χ1n) is 8.02. The lowest BCUT2D eigenvalue weighted by atomic mass is 9.89. The number of carbonyl (C=O) groups excluding carboxylic acids is 1. The molecule has 8 heteroatoms. The molecule has 8 nitrogen and oxygen atoms in total. The van der Waals surface area contributed by atoms with Crippen LogP contribution in [0.2, 0.25) is 0 Å². The van der Waals surface area contributed by atoms with Crippen LogP contribution >= 0.6 is 0 Å². The van der Waals surface area contributed by atoms with Crippen molar-refractivity contribution < 1.29 is 18.8 Å². The zero-order valence-electron chi connectivity index (χ0n) is 13.1. The van der Waals surface area contributed by atoms with E-state index in [0.29, 0.717) is 32.1 Å². The number of rotatable bonds is 3. The summed E-state index contributed by atoms with van der Waals surface area (Å²) >= 11 is 0. The Bertz CT molecular complexity index is 693. The Kier molecular flexibility index (Phi) is 3.89. The maximum Gasteiger partial charge on any atom is 0.316 e. The molecular weight excluding hydrogens is 312 g/mol. The van der Waals surface area contributed by atoms with Gasteiger partial charge in [0.2, 0.25) is 5.76 Å². The minimum Gasteiger partial charge on any atom is -0.458 e. The molecule has 2 atom stereocenters. The molecule has 4 heterocycles. The van der Waals surface area contributed by atoms with Gasteiger partial charge in [-0.1, -0.05) is 5.16 Å². The first kappa shape index (κ1) is 15.1. The molecule has 4 rings (SSSR count). The van der Waals surface area contributed by atoms with Crippen LogP contribution in [0.5, 0.6) is 6.01 Å². The van der Waals surface area contributed by atoms with Gasteiger partial charge in [-0.25, -0.2) is 9.97 Å². The lowest BCUT2D eigenvalue weighted by Gasteiger charge is -2.39. The van der Waals surface area contributed by atoms with Crippen molar-refractivity contribution >= 4 is 5.91 Å². The summed E-state index contributed by atoms with van der Waals surface area (Å²) in [5.41, 5.74) is -0.368. The average molecular weight is 330 g/mol. The van der Waals surface area contributed by atoms with Crippen molar-refractivity contribution in [3.8, 4) is 6.01 Å². The standard InChI is InChI=1S/C16H18N4O4/c21-14(13-3-7-19-24-13)20-8-1-4-16(11-20)9-12(10-22-16)23-15-17-5-2-6-18-15/h2-3,5-7,12H,1,4,8-11H2/t12-,16+/m0/s1. The second kappa shape index (κ2) is 6.20. The average Bonchev–Trinajstić information content (AvgIpc) is 3.26. The molecule has 2 aromatic rings. The van der Waals surface area contributed by atoms with Gasteiger partial charge >= 0.3 is 6.01 Å².